The molecule has 5 heteroatoms. The summed E-state index contributed by atoms with van der Waals surface area (Å²) in [4.78, 5) is 0.196. The van der Waals surface area contributed by atoms with E-state index >= 15 is 0 Å². The first-order chi connectivity index (χ1) is 8.97. The predicted octanol–water partition coefficient (Wildman–Crippen LogP) is 2.85. The number of hydrogen-bond acceptors (Lipinski definition) is 3. The Hall–Kier alpha value is -1.36. The Morgan fingerprint density at radius 1 is 1.16 bits per heavy atom. The fraction of sp³-hybridized carbons (Fsp3) is 0.500. The van der Waals surface area contributed by atoms with Crippen molar-refractivity contribution in [1.82, 2.24) is 0 Å². The van der Waals surface area contributed by atoms with E-state index in [2.05, 4.69) is 11.3 Å². The highest BCUT2D eigenvalue weighted by molar-refractivity contribution is 7.90. The number of nitrogen functional groups attached to an aromatic ring is 1. The molecule has 4 nitrogen and oxygen atoms in total. The first kappa shape index (κ1) is 14.1. The molecule has 0 atom stereocenters. The van der Waals surface area contributed by atoms with E-state index in [1.807, 2.05) is 0 Å². The summed E-state index contributed by atoms with van der Waals surface area (Å²) in [6.07, 6.45) is 5.97. The lowest BCUT2D eigenvalue weighted by atomic mass is 9.84. The zero-order valence-electron chi connectivity index (χ0n) is 11.1. The molecule has 0 radical (unpaired) electrons. The van der Waals surface area contributed by atoms with Crippen molar-refractivity contribution >= 4 is 21.9 Å². The van der Waals surface area contributed by atoms with Gasteiger partial charge in [0.25, 0.3) is 10.0 Å². The van der Waals surface area contributed by atoms with Crippen LogP contribution in [0.25, 0.3) is 0 Å². The van der Waals surface area contributed by atoms with Gasteiger partial charge in [-0.1, -0.05) is 19.8 Å². The van der Waals surface area contributed by atoms with Crippen molar-refractivity contribution in [2.24, 2.45) is 16.2 Å². The predicted molar refractivity (Wildman–Crippen MR) is 77.7 cm³/mol. The zero-order valence-corrected chi connectivity index (χ0v) is 11.9. The first-order valence-electron chi connectivity index (χ1n) is 6.63. The monoisotopic (exact) mass is 280 g/mol. The van der Waals surface area contributed by atoms with Crippen molar-refractivity contribution in [1.29, 1.82) is 0 Å². The van der Waals surface area contributed by atoms with Gasteiger partial charge in [-0.3, -0.25) is 0 Å². The summed E-state index contributed by atoms with van der Waals surface area (Å²) in [7, 11) is -3.58. The molecule has 0 heterocycles. The highest BCUT2D eigenvalue weighted by Gasteiger charge is 2.18. The lowest BCUT2D eigenvalue weighted by Crippen LogP contribution is -2.14. The third-order valence-electron chi connectivity index (χ3n) is 3.65. The molecule has 1 fully saturated rings. The van der Waals surface area contributed by atoms with E-state index in [9.17, 15) is 8.42 Å². The summed E-state index contributed by atoms with van der Waals surface area (Å²) in [5, 5.41) is 0. The molecule has 1 saturated carbocycles. The van der Waals surface area contributed by atoms with Crippen molar-refractivity contribution in [2.75, 3.05) is 5.73 Å². The molecule has 2 N–H and O–H groups in total. The van der Waals surface area contributed by atoms with E-state index in [0.29, 0.717) is 11.6 Å². The van der Waals surface area contributed by atoms with Crippen molar-refractivity contribution in [2.45, 2.75) is 37.5 Å². The number of rotatable bonds is 3. The summed E-state index contributed by atoms with van der Waals surface area (Å²) >= 11 is 0. The molecule has 0 saturated heterocycles. The van der Waals surface area contributed by atoms with Gasteiger partial charge in [-0.25, -0.2) is 0 Å². The maximum Gasteiger partial charge on any atom is 0.281 e. The summed E-state index contributed by atoms with van der Waals surface area (Å²) in [6.45, 7) is 2.23. The van der Waals surface area contributed by atoms with Gasteiger partial charge >= 0.3 is 0 Å². The lowest BCUT2D eigenvalue weighted by Gasteiger charge is -2.22. The van der Waals surface area contributed by atoms with E-state index in [1.54, 1.807) is 18.3 Å². The Bertz CT molecular complexity index is 541. The van der Waals surface area contributed by atoms with Crippen LogP contribution < -0.4 is 5.73 Å². The Morgan fingerprint density at radius 3 is 2.32 bits per heavy atom. The van der Waals surface area contributed by atoms with Crippen molar-refractivity contribution in [3.05, 3.63) is 24.3 Å². The van der Waals surface area contributed by atoms with Crippen LogP contribution >= 0.6 is 0 Å². The second-order valence-corrected chi connectivity index (χ2v) is 6.95. The lowest BCUT2D eigenvalue weighted by molar-refractivity contribution is 0.347. The molecule has 0 aliphatic heterocycles. The quantitative estimate of drug-likeness (QED) is 0.683. The average molecular weight is 280 g/mol. The molecule has 1 aliphatic rings. The number of nitrogens with two attached hydrogens (primary N) is 1. The van der Waals surface area contributed by atoms with Crippen LogP contribution in [-0.4, -0.2) is 14.6 Å². The molecule has 0 aromatic heterocycles. The molecule has 104 valence electrons. The first-order valence-corrected chi connectivity index (χ1v) is 8.07. The van der Waals surface area contributed by atoms with Gasteiger partial charge in [-0.05, 0) is 48.9 Å². The van der Waals surface area contributed by atoms with Gasteiger partial charge < -0.3 is 5.73 Å². The third-order valence-corrected chi connectivity index (χ3v) is 4.92. The second-order valence-electron chi connectivity index (χ2n) is 5.32. The van der Waals surface area contributed by atoms with E-state index in [-0.39, 0.29) is 4.90 Å². The summed E-state index contributed by atoms with van der Waals surface area (Å²) < 4.78 is 27.8. The van der Waals surface area contributed by atoms with Gasteiger partial charge in [0.15, 0.2) is 0 Å². The summed E-state index contributed by atoms with van der Waals surface area (Å²) in [5.74, 6) is 1.04. The largest absolute Gasteiger partial charge is 0.399 e. The van der Waals surface area contributed by atoms with Gasteiger partial charge in [0.2, 0.25) is 0 Å². The van der Waals surface area contributed by atoms with Crippen LogP contribution in [0.1, 0.15) is 32.6 Å². The Morgan fingerprint density at radius 2 is 1.74 bits per heavy atom. The Balaban J connectivity index is 2.06. The van der Waals surface area contributed by atoms with Gasteiger partial charge in [0.1, 0.15) is 0 Å². The van der Waals surface area contributed by atoms with Crippen LogP contribution in [0.3, 0.4) is 0 Å². The number of benzene rings is 1. The van der Waals surface area contributed by atoms with Crippen LogP contribution in [0.5, 0.6) is 0 Å². The van der Waals surface area contributed by atoms with Gasteiger partial charge in [0.05, 0.1) is 4.90 Å². The van der Waals surface area contributed by atoms with Gasteiger partial charge in [-0.15, -0.1) is 0 Å². The molecular weight excluding hydrogens is 260 g/mol. The third kappa shape index (κ3) is 3.80. The van der Waals surface area contributed by atoms with E-state index in [4.69, 9.17) is 5.73 Å². The second kappa shape index (κ2) is 5.74. The number of sulfonamides is 1. The molecule has 2 rings (SSSR count). The minimum atomic E-state index is -3.58. The number of nitrogens with zero attached hydrogens (tertiary/aromatic N) is 1. The van der Waals surface area contributed by atoms with Crippen LogP contribution in [0.4, 0.5) is 5.69 Å². The standard InChI is InChI=1S/C14H20N2O2S/c1-11-2-4-12(5-3-11)10-16-19(17,18)14-8-6-13(15)7-9-14/h6-12H,2-5,15H2,1H3. The Kier molecular flexibility index (Phi) is 4.24. The molecule has 19 heavy (non-hydrogen) atoms. The normalized spacial score (nSPS) is 24.7. The van der Waals surface area contributed by atoms with E-state index in [0.717, 1.165) is 31.6 Å². The molecular formula is C14H20N2O2S. The Labute approximate surface area is 114 Å². The zero-order chi connectivity index (χ0) is 13.9. The van der Waals surface area contributed by atoms with Gasteiger partial charge in [0, 0.05) is 11.9 Å². The van der Waals surface area contributed by atoms with Crippen LogP contribution in [0, 0.1) is 11.8 Å². The highest BCUT2D eigenvalue weighted by Crippen LogP contribution is 2.27. The minimum Gasteiger partial charge on any atom is -0.399 e. The van der Waals surface area contributed by atoms with Crippen LogP contribution in [-0.2, 0) is 10.0 Å². The van der Waals surface area contributed by atoms with Gasteiger partial charge in [-0.2, -0.15) is 12.8 Å². The molecule has 0 bridgehead atoms. The highest BCUT2D eigenvalue weighted by atomic mass is 32.2. The van der Waals surface area contributed by atoms with Crippen molar-refractivity contribution < 1.29 is 8.42 Å². The van der Waals surface area contributed by atoms with Crippen molar-refractivity contribution in [3.63, 3.8) is 0 Å². The molecule has 1 aromatic carbocycles. The summed E-state index contributed by atoms with van der Waals surface area (Å²) in [6, 6.07) is 6.13. The molecule has 0 spiro atoms. The smallest absolute Gasteiger partial charge is 0.281 e. The summed E-state index contributed by atoms with van der Waals surface area (Å²) in [5.41, 5.74) is 6.09. The molecule has 0 amide bonds. The minimum absolute atomic E-state index is 0.196. The SMILES string of the molecule is CC1CCC(C=NS(=O)(=O)c2ccc(N)cc2)CC1. The van der Waals surface area contributed by atoms with E-state index in [1.165, 1.54) is 12.1 Å². The van der Waals surface area contributed by atoms with E-state index < -0.39 is 10.0 Å². The maximum absolute atomic E-state index is 12.0. The fourth-order valence-corrected chi connectivity index (χ4v) is 3.24. The molecule has 0 unspecified atom stereocenters. The fourth-order valence-electron chi connectivity index (χ4n) is 2.30. The maximum atomic E-state index is 12.0. The molecule has 1 aromatic rings. The number of hydrogen-bond donors (Lipinski definition) is 1. The van der Waals surface area contributed by atoms with Crippen molar-refractivity contribution in [3.8, 4) is 0 Å². The number of anilines is 1. The molecule has 1 aliphatic carbocycles. The average Bonchev–Trinajstić information content (AvgIpc) is 2.39. The van der Waals surface area contributed by atoms with Crippen LogP contribution in [0.2, 0.25) is 0 Å². The van der Waals surface area contributed by atoms with Crippen LogP contribution in [0.15, 0.2) is 33.6 Å². The topological polar surface area (TPSA) is 72.5 Å².